The van der Waals surface area contributed by atoms with E-state index in [0.717, 1.165) is 17.2 Å². The normalized spacial score (nSPS) is 37.6. The van der Waals surface area contributed by atoms with Crippen LogP contribution in [-0.4, -0.2) is 23.6 Å². The van der Waals surface area contributed by atoms with Crippen LogP contribution in [0.15, 0.2) is 0 Å². The smallest absolute Gasteiger partial charge is 0.0186 e. The third-order valence-corrected chi connectivity index (χ3v) is 4.84. The van der Waals surface area contributed by atoms with Crippen LogP contribution in [0.5, 0.6) is 0 Å². The monoisotopic (exact) mass is 199 g/mol. The summed E-state index contributed by atoms with van der Waals surface area (Å²) in [7, 11) is 0. The van der Waals surface area contributed by atoms with Gasteiger partial charge in [-0.1, -0.05) is 19.8 Å². The maximum atomic E-state index is 3.73. The van der Waals surface area contributed by atoms with Gasteiger partial charge in [0.05, 0.1) is 0 Å². The van der Waals surface area contributed by atoms with Gasteiger partial charge in [-0.05, 0) is 31.7 Å². The standard InChI is InChI=1S/C11H21NS/c1-9-6-7-12-11(8-13-9)10-4-2-3-5-10/h9-12H,2-8H2,1H3. The lowest BCUT2D eigenvalue weighted by atomic mass is 10.00. The quantitative estimate of drug-likeness (QED) is 0.697. The summed E-state index contributed by atoms with van der Waals surface area (Å²) >= 11 is 2.17. The predicted molar refractivity (Wildman–Crippen MR) is 60.3 cm³/mol. The van der Waals surface area contributed by atoms with E-state index in [0.29, 0.717) is 0 Å². The van der Waals surface area contributed by atoms with Crippen LogP contribution in [0.25, 0.3) is 0 Å². The second-order valence-corrected chi connectivity index (χ2v) is 6.01. The summed E-state index contributed by atoms with van der Waals surface area (Å²) in [6.45, 7) is 3.61. The van der Waals surface area contributed by atoms with Gasteiger partial charge in [0.2, 0.25) is 0 Å². The molecule has 76 valence electrons. The van der Waals surface area contributed by atoms with Crippen molar-refractivity contribution in [1.82, 2.24) is 5.32 Å². The molecular formula is C11H21NS. The van der Waals surface area contributed by atoms with Crippen molar-refractivity contribution < 1.29 is 0 Å². The number of hydrogen-bond acceptors (Lipinski definition) is 2. The minimum absolute atomic E-state index is 0.831. The average Bonchev–Trinajstić information content (AvgIpc) is 2.56. The molecule has 2 rings (SSSR count). The Morgan fingerprint density at radius 2 is 1.92 bits per heavy atom. The van der Waals surface area contributed by atoms with E-state index >= 15 is 0 Å². The van der Waals surface area contributed by atoms with Gasteiger partial charge in [-0.25, -0.2) is 0 Å². The summed E-state index contributed by atoms with van der Waals surface area (Å²) in [5.41, 5.74) is 0. The number of rotatable bonds is 1. The van der Waals surface area contributed by atoms with E-state index in [1.54, 1.807) is 0 Å². The zero-order chi connectivity index (χ0) is 9.10. The van der Waals surface area contributed by atoms with Crippen LogP contribution in [0.4, 0.5) is 0 Å². The lowest BCUT2D eigenvalue weighted by Gasteiger charge is -2.22. The Kier molecular flexibility index (Phi) is 3.56. The van der Waals surface area contributed by atoms with Crippen LogP contribution in [0.2, 0.25) is 0 Å². The Labute approximate surface area is 86.0 Å². The largest absolute Gasteiger partial charge is 0.313 e. The predicted octanol–water partition coefficient (Wildman–Crippen LogP) is 2.66. The van der Waals surface area contributed by atoms with Crippen molar-refractivity contribution in [1.29, 1.82) is 0 Å². The summed E-state index contributed by atoms with van der Waals surface area (Å²) in [5.74, 6) is 2.35. The highest BCUT2D eigenvalue weighted by atomic mass is 32.2. The van der Waals surface area contributed by atoms with Crippen molar-refractivity contribution in [3.63, 3.8) is 0 Å². The molecule has 2 fully saturated rings. The van der Waals surface area contributed by atoms with Crippen molar-refractivity contribution in [2.24, 2.45) is 5.92 Å². The molecule has 0 spiro atoms. The summed E-state index contributed by atoms with van der Waals surface area (Å²) in [4.78, 5) is 0. The summed E-state index contributed by atoms with van der Waals surface area (Å²) in [6.07, 6.45) is 7.26. The molecule has 2 aliphatic rings. The molecule has 0 aromatic carbocycles. The molecule has 1 aliphatic carbocycles. The molecular weight excluding hydrogens is 178 g/mol. The van der Waals surface area contributed by atoms with Gasteiger partial charge in [0.1, 0.15) is 0 Å². The van der Waals surface area contributed by atoms with E-state index in [1.165, 1.54) is 44.4 Å². The first-order chi connectivity index (χ1) is 6.36. The van der Waals surface area contributed by atoms with E-state index in [9.17, 15) is 0 Å². The van der Waals surface area contributed by atoms with Crippen molar-refractivity contribution in [2.45, 2.75) is 50.3 Å². The summed E-state index contributed by atoms with van der Waals surface area (Å²) in [6, 6.07) is 0.831. The molecule has 1 saturated heterocycles. The van der Waals surface area contributed by atoms with Gasteiger partial charge in [-0.3, -0.25) is 0 Å². The van der Waals surface area contributed by atoms with Crippen LogP contribution in [0, 0.1) is 5.92 Å². The highest BCUT2D eigenvalue weighted by molar-refractivity contribution is 7.99. The van der Waals surface area contributed by atoms with Crippen LogP contribution in [0.3, 0.4) is 0 Å². The fourth-order valence-electron chi connectivity index (χ4n) is 2.54. The number of nitrogens with one attached hydrogen (secondary N) is 1. The minimum atomic E-state index is 0.831. The zero-order valence-electron chi connectivity index (χ0n) is 8.59. The Morgan fingerprint density at radius 3 is 2.69 bits per heavy atom. The number of hydrogen-bond donors (Lipinski definition) is 1. The Bertz CT molecular complexity index is 154. The molecule has 13 heavy (non-hydrogen) atoms. The Morgan fingerprint density at radius 1 is 1.15 bits per heavy atom. The topological polar surface area (TPSA) is 12.0 Å². The molecule has 0 bridgehead atoms. The van der Waals surface area contributed by atoms with Crippen molar-refractivity contribution in [3.8, 4) is 0 Å². The molecule has 2 atom stereocenters. The van der Waals surface area contributed by atoms with Gasteiger partial charge < -0.3 is 5.32 Å². The number of thioether (sulfide) groups is 1. The van der Waals surface area contributed by atoms with Gasteiger partial charge in [0.15, 0.2) is 0 Å². The second-order valence-electron chi connectivity index (χ2n) is 4.54. The molecule has 2 heteroatoms. The highest BCUT2D eigenvalue weighted by Crippen LogP contribution is 2.31. The van der Waals surface area contributed by atoms with Crippen molar-refractivity contribution >= 4 is 11.8 Å². The third-order valence-electron chi connectivity index (χ3n) is 3.49. The zero-order valence-corrected chi connectivity index (χ0v) is 9.41. The SMILES string of the molecule is CC1CCNC(C2CCCC2)CS1. The lowest BCUT2D eigenvalue weighted by molar-refractivity contribution is 0.390. The fourth-order valence-corrected chi connectivity index (χ4v) is 3.76. The first kappa shape index (κ1) is 9.85. The maximum Gasteiger partial charge on any atom is 0.0186 e. The minimum Gasteiger partial charge on any atom is -0.313 e. The Balaban J connectivity index is 1.84. The molecule has 1 heterocycles. The van der Waals surface area contributed by atoms with Crippen molar-refractivity contribution in [3.05, 3.63) is 0 Å². The van der Waals surface area contributed by atoms with E-state index in [4.69, 9.17) is 0 Å². The van der Waals surface area contributed by atoms with Gasteiger partial charge in [0.25, 0.3) is 0 Å². The van der Waals surface area contributed by atoms with Crippen LogP contribution in [0.1, 0.15) is 39.0 Å². The highest BCUT2D eigenvalue weighted by Gasteiger charge is 2.26. The van der Waals surface area contributed by atoms with E-state index in [2.05, 4.69) is 24.0 Å². The summed E-state index contributed by atoms with van der Waals surface area (Å²) in [5, 5.41) is 4.61. The summed E-state index contributed by atoms with van der Waals surface area (Å²) < 4.78 is 0. The molecule has 1 saturated carbocycles. The molecule has 0 aromatic heterocycles. The van der Waals surface area contributed by atoms with Gasteiger partial charge in [-0.15, -0.1) is 0 Å². The molecule has 1 nitrogen and oxygen atoms in total. The van der Waals surface area contributed by atoms with Gasteiger partial charge in [-0.2, -0.15) is 11.8 Å². The van der Waals surface area contributed by atoms with Crippen LogP contribution >= 0.6 is 11.8 Å². The maximum absolute atomic E-state index is 3.73. The average molecular weight is 199 g/mol. The van der Waals surface area contributed by atoms with Crippen LogP contribution in [-0.2, 0) is 0 Å². The van der Waals surface area contributed by atoms with Crippen molar-refractivity contribution in [2.75, 3.05) is 12.3 Å². The van der Waals surface area contributed by atoms with E-state index < -0.39 is 0 Å². The third kappa shape index (κ3) is 2.63. The van der Waals surface area contributed by atoms with Crippen LogP contribution < -0.4 is 5.32 Å². The molecule has 1 aliphatic heterocycles. The molecule has 0 amide bonds. The molecule has 0 radical (unpaired) electrons. The molecule has 2 unspecified atom stereocenters. The first-order valence-electron chi connectivity index (χ1n) is 5.71. The Hall–Kier alpha value is 0.310. The molecule has 1 N–H and O–H groups in total. The lowest BCUT2D eigenvalue weighted by Crippen LogP contribution is -2.36. The second kappa shape index (κ2) is 4.70. The van der Waals surface area contributed by atoms with E-state index in [1.807, 2.05) is 0 Å². The molecule has 0 aromatic rings. The van der Waals surface area contributed by atoms with Gasteiger partial charge >= 0.3 is 0 Å². The fraction of sp³-hybridized carbons (Fsp3) is 1.00. The van der Waals surface area contributed by atoms with E-state index in [-0.39, 0.29) is 0 Å². The van der Waals surface area contributed by atoms with Gasteiger partial charge in [0, 0.05) is 17.0 Å². The first-order valence-corrected chi connectivity index (χ1v) is 6.76.